The van der Waals surface area contributed by atoms with E-state index < -0.39 is 5.91 Å². The van der Waals surface area contributed by atoms with Gasteiger partial charge >= 0.3 is 0 Å². The van der Waals surface area contributed by atoms with E-state index in [4.69, 9.17) is 20.5 Å². The Bertz CT molecular complexity index is 496. The van der Waals surface area contributed by atoms with E-state index >= 15 is 0 Å². The van der Waals surface area contributed by atoms with Crippen LogP contribution in [0.3, 0.4) is 0 Å². The van der Waals surface area contributed by atoms with E-state index in [9.17, 15) is 4.79 Å². The van der Waals surface area contributed by atoms with Crippen LogP contribution in [0.5, 0.6) is 11.5 Å². The molecule has 3 N–H and O–H groups in total. The van der Waals surface area contributed by atoms with Gasteiger partial charge in [0.2, 0.25) is 0 Å². The van der Waals surface area contributed by atoms with Gasteiger partial charge in [0, 0.05) is 30.1 Å². The first-order valence-electron chi connectivity index (χ1n) is 5.00. The fraction of sp³-hybridized carbons (Fsp3) is 0.167. The Morgan fingerprint density at radius 2 is 1.89 bits per heavy atom. The fourth-order valence-electron chi connectivity index (χ4n) is 1.20. The smallest absolute Gasteiger partial charge is 0.260 e. The van der Waals surface area contributed by atoms with Crippen LogP contribution in [0.2, 0.25) is 0 Å². The molecule has 0 bridgehead atoms. The second-order valence-corrected chi connectivity index (χ2v) is 3.28. The molecule has 1 amide bonds. The minimum absolute atomic E-state index is 0.170. The molecule has 18 heavy (non-hydrogen) atoms. The van der Waals surface area contributed by atoms with Crippen LogP contribution in [-0.2, 0) is 4.79 Å². The van der Waals surface area contributed by atoms with Crippen molar-refractivity contribution in [3.05, 3.63) is 30.0 Å². The number of nitrogens with zero attached hydrogens (tertiary/aromatic N) is 1. The number of primary amides is 1. The molecule has 1 rings (SSSR count). The van der Waals surface area contributed by atoms with Gasteiger partial charge in [-0.2, -0.15) is 5.26 Å². The van der Waals surface area contributed by atoms with Crippen LogP contribution >= 0.6 is 0 Å². The molecule has 1 aromatic carbocycles. The molecule has 6 heteroatoms. The molecule has 0 radical (unpaired) electrons. The molecule has 0 aliphatic rings. The number of nitrogens with one attached hydrogen (secondary N) is 1. The SMILES string of the molecule is COc1cc(N/C=C(\C#N)C(N)=O)cc(OC)c1. The first kappa shape index (κ1) is 13.4. The highest BCUT2D eigenvalue weighted by Crippen LogP contribution is 2.25. The number of benzene rings is 1. The normalized spacial score (nSPS) is 10.4. The average Bonchev–Trinajstić information content (AvgIpc) is 2.38. The molecule has 0 atom stereocenters. The highest BCUT2D eigenvalue weighted by molar-refractivity contribution is 5.96. The van der Waals surface area contributed by atoms with Crippen LogP contribution in [-0.4, -0.2) is 20.1 Å². The monoisotopic (exact) mass is 247 g/mol. The largest absolute Gasteiger partial charge is 0.497 e. The number of nitrogens with two attached hydrogens (primary N) is 1. The minimum atomic E-state index is -0.792. The molecule has 0 saturated carbocycles. The summed E-state index contributed by atoms with van der Waals surface area (Å²) in [6.45, 7) is 0. The minimum Gasteiger partial charge on any atom is -0.497 e. The molecular formula is C12H13N3O3. The number of nitriles is 1. The zero-order valence-electron chi connectivity index (χ0n) is 10.1. The number of hydrogen-bond acceptors (Lipinski definition) is 5. The maximum Gasteiger partial charge on any atom is 0.260 e. The molecule has 1 aromatic rings. The average molecular weight is 247 g/mol. The van der Waals surface area contributed by atoms with Gasteiger partial charge in [-0.05, 0) is 0 Å². The first-order chi connectivity index (χ1) is 8.60. The molecule has 0 spiro atoms. The summed E-state index contributed by atoms with van der Waals surface area (Å²) in [6.07, 6.45) is 1.23. The van der Waals surface area contributed by atoms with Gasteiger partial charge in [-0.25, -0.2) is 0 Å². The van der Waals surface area contributed by atoms with Gasteiger partial charge < -0.3 is 20.5 Å². The lowest BCUT2D eigenvalue weighted by Gasteiger charge is -2.08. The summed E-state index contributed by atoms with van der Waals surface area (Å²) in [7, 11) is 3.05. The lowest BCUT2D eigenvalue weighted by Crippen LogP contribution is -2.13. The van der Waals surface area contributed by atoms with Gasteiger partial charge in [-0.15, -0.1) is 0 Å². The molecule has 0 aromatic heterocycles. The van der Waals surface area contributed by atoms with Crippen LogP contribution < -0.4 is 20.5 Å². The van der Waals surface area contributed by atoms with Crippen molar-refractivity contribution >= 4 is 11.6 Å². The van der Waals surface area contributed by atoms with E-state index in [-0.39, 0.29) is 5.57 Å². The highest BCUT2D eigenvalue weighted by Gasteiger charge is 2.04. The Morgan fingerprint density at radius 1 is 1.33 bits per heavy atom. The summed E-state index contributed by atoms with van der Waals surface area (Å²) in [5.41, 5.74) is 5.45. The summed E-state index contributed by atoms with van der Waals surface area (Å²) in [4.78, 5) is 10.8. The second kappa shape index (κ2) is 6.15. The molecule has 0 fully saturated rings. The summed E-state index contributed by atoms with van der Waals surface area (Å²) in [5.74, 6) is 0.380. The number of rotatable bonds is 5. The summed E-state index contributed by atoms with van der Waals surface area (Å²) >= 11 is 0. The number of ether oxygens (including phenoxy) is 2. The second-order valence-electron chi connectivity index (χ2n) is 3.28. The molecule has 94 valence electrons. The van der Waals surface area contributed by atoms with Crippen molar-refractivity contribution in [3.8, 4) is 17.6 Å². The van der Waals surface area contributed by atoms with E-state index in [0.29, 0.717) is 17.2 Å². The van der Waals surface area contributed by atoms with Crippen molar-refractivity contribution in [2.24, 2.45) is 5.73 Å². The van der Waals surface area contributed by atoms with Crippen LogP contribution in [0.4, 0.5) is 5.69 Å². The predicted octanol–water partition coefficient (Wildman–Crippen LogP) is 1.01. The lowest BCUT2D eigenvalue weighted by molar-refractivity contribution is -0.114. The molecular weight excluding hydrogens is 234 g/mol. The highest BCUT2D eigenvalue weighted by atomic mass is 16.5. The summed E-state index contributed by atoms with van der Waals surface area (Å²) in [6, 6.07) is 6.77. The number of hydrogen-bond donors (Lipinski definition) is 2. The maximum atomic E-state index is 10.8. The number of methoxy groups -OCH3 is 2. The van der Waals surface area contributed by atoms with Gasteiger partial charge in [0.25, 0.3) is 5.91 Å². The Balaban J connectivity index is 2.97. The Morgan fingerprint density at radius 3 is 2.28 bits per heavy atom. The first-order valence-corrected chi connectivity index (χ1v) is 5.00. The molecule has 6 nitrogen and oxygen atoms in total. The van der Waals surface area contributed by atoms with Crippen LogP contribution in [0.15, 0.2) is 30.0 Å². The van der Waals surface area contributed by atoms with E-state index in [1.54, 1.807) is 24.3 Å². The third-order valence-corrected chi connectivity index (χ3v) is 2.12. The van der Waals surface area contributed by atoms with Crippen molar-refractivity contribution in [2.45, 2.75) is 0 Å². The number of amides is 1. The van der Waals surface area contributed by atoms with Gasteiger partial charge in [-0.1, -0.05) is 0 Å². The zero-order valence-corrected chi connectivity index (χ0v) is 10.1. The fourth-order valence-corrected chi connectivity index (χ4v) is 1.20. The Hall–Kier alpha value is -2.68. The third-order valence-electron chi connectivity index (χ3n) is 2.12. The van der Waals surface area contributed by atoms with E-state index in [0.717, 1.165) is 0 Å². The summed E-state index contributed by atoms with van der Waals surface area (Å²) < 4.78 is 10.2. The zero-order chi connectivity index (χ0) is 13.5. The Kier molecular flexibility index (Phi) is 4.58. The summed E-state index contributed by atoms with van der Waals surface area (Å²) in [5, 5.41) is 11.4. The standard InChI is InChI=1S/C12H13N3O3/c1-17-10-3-9(4-11(5-10)18-2)15-7-8(6-13)12(14)16/h3-5,7,15H,1-2H3,(H2,14,16)/b8-7+. The van der Waals surface area contributed by atoms with Gasteiger partial charge in [-0.3, -0.25) is 4.79 Å². The maximum absolute atomic E-state index is 10.8. The molecule has 0 aliphatic heterocycles. The van der Waals surface area contributed by atoms with E-state index in [1.807, 2.05) is 0 Å². The Labute approximate surface area is 105 Å². The van der Waals surface area contributed by atoms with Crippen molar-refractivity contribution in [1.29, 1.82) is 5.26 Å². The number of carbonyl (C=O) groups is 1. The molecule has 0 heterocycles. The molecule has 0 saturated heterocycles. The van der Waals surface area contributed by atoms with E-state index in [1.165, 1.54) is 20.4 Å². The van der Waals surface area contributed by atoms with Gasteiger partial charge in [0.05, 0.1) is 14.2 Å². The van der Waals surface area contributed by atoms with Crippen molar-refractivity contribution in [3.63, 3.8) is 0 Å². The van der Waals surface area contributed by atoms with Crippen LogP contribution in [0.25, 0.3) is 0 Å². The quantitative estimate of drug-likeness (QED) is 0.597. The molecule has 0 unspecified atom stereocenters. The molecule has 0 aliphatic carbocycles. The van der Waals surface area contributed by atoms with Crippen LogP contribution in [0, 0.1) is 11.3 Å². The van der Waals surface area contributed by atoms with Crippen molar-refractivity contribution in [1.82, 2.24) is 0 Å². The van der Waals surface area contributed by atoms with E-state index in [2.05, 4.69) is 5.32 Å². The van der Waals surface area contributed by atoms with Crippen molar-refractivity contribution < 1.29 is 14.3 Å². The third kappa shape index (κ3) is 3.42. The predicted molar refractivity (Wildman–Crippen MR) is 66.1 cm³/mol. The number of anilines is 1. The van der Waals surface area contributed by atoms with Gasteiger partial charge in [0.1, 0.15) is 23.1 Å². The van der Waals surface area contributed by atoms with Crippen LogP contribution in [0.1, 0.15) is 0 Å². The van der Waals surface area contributed by atoms with Gasteiger partial charge in [0.15, 0.2) is 0 Å². The number of carbonyl (C=O) groups excluding carboxylic acids is 1. The lowest BCUT2D eigenvalue weighted by atomic mass is 10.2. The topological polar surface area (TPSA) is 97.4 Å². The van der Waals surface area contributed by atoms with Crippen molar-refractivity contribution in [2.75, 3.05) is 19.5 Å².